The van der Waals surface area contributed by atoms with Crippen molar-refractivity contribution in [2.24, 2.45) is 0 Å². The Morgan fingerprint density at radius 1 is 1.00 bits per heavy atom. The molecule has 1 fully saturated rings. The summed E-state index contributed by atoms with van der Waals surface area (Å²) in [7, 11) is 0. The van der Waals surface area contributed by atoms with Crippen molar-refractivity contribution in [1.29, 1.82) is 0 Å². The van der Waals surface area contributed by atoms with E-state index in [1.54, 1.807) is 12.2 Å². The third-order valence-corrected chi connectivity index (χ3v) is 3.21. The second-order valence-corrected chi connectivity index (χ2v) is 5.02. The minimum Gasteiger partial charge on any atom is -0.394 e. The molecule has 1 atom stereocenters. The number of allylic oxidation sites excluding steroid dienone is 2. The Labute approximate surface area is 208 Å². The zero-order valence-electron chi connectivity index (χ0n) is 21.1. The van der Waals surface area contributed by atoms with Gasteiger partial charge in [-0.25, -0.2) is 0 Å². The van der Waals surface area contributed by atoms with Gasteiger partial charge < -0.3 is 10.1 Å². The molecule has 2 rings (SSSR count). The Bertz CT molecular complexity index is 460. The molecule has 0 aromatic heterocycles. The van der Waals surface area contributed by atoms with E-state index in [4.69, 9.17) is 0 Å². The monoisotopic (exact) mass is 611 g/mol. The molecule has 0 radical (unpaired) electrons. The van der Waals surface area contributed by atoms with Gasteiger partial charge in [-0.1, -0.05) is 102 Å². The minimum absolute atomic E-state index is 0. The Morgan fingerprint density at radius 2 is 1.48 bits per heavy atom. The summed E-state index contributed by atoms with van der Waals surface area (Å²) < 4.78 is 0. The van der Waals surface area contributed by atoms with Crippen molar-refractivity contribution in [3.63, 3.8) is 0 Å². The fraction of sp³-hybridized carbons (Fsp3) is 0.720. The van der Waals surface area contributed by atoms with E-state index in [0.717, 1.165) is 12.8 Å². The van der Waals surface area contributed by atoms with E-state index < -0.39 is 11.9 Å². The summed E-state index contributed by atoms with van der Waals surface area (Å²) >= 11 is 0. The van der Waals surface area contributed by atoms with Gasteiger partial charge in [0.2, 0.25) is 11.8 Å². The molecule has 5 nitrogen and oxygen atoms in total. The van der Waals surface area contributed by atoms with Crippen LogP contribution >= 0.6 is 0 Å². The van der Waals surface area contributed by atoms with Gasteiger partial charge >= 0.3 is 0 Å². The second-order valence-electron chi connectivity index (χ2n) is 5.02. The van der Waals surface area contributed by atoms with Crippen LogP contribution in [0.5, 0.6) is 0 Å². The fourth-order valence-electron chi connectivity index (χ4n) is 1.78. The summed E-state index contributed by atoms with van der Waals surface area (Å²) in [5.41, 5.74) is 0.459. The first kappa shape index (κ1) is 43.6. The molecule has 0 spiro atoms. The summed E-state index contributed by atoms with van der Waals surface area (Å²) in [6.07, 6.45) is 11.4. The van der Waals surface area contributed by atoms with Crippen LogP contribution in [0.2, 0.25) is 0 Å². The van der Waals surface area contributed by atoms with E-state index >= 15 is 0 Å². The maximum atomic E-state index is 11.8. The molecule has 0 bridgehead atoms. The Kier molecular flexibility index (Phi) is 50.9. The Hall–Kier alpha value is -1.22. The number of imide groups is 1. The van der Waals surface area contributed by atoms with Gasteiger partial charge in [0.1, 0.15) is 5.91 Å². The molecule has 1 saturated heterocycles. The zero-order valence-corrected chi connectivity index (χ0v) is 24.0. The summed E-state index contributed by atoms with van der Waals surface area (Å²) in [6, 6.07) is -0.621. The number of piperidine rings is 1. The largest absolute Gasteiger partial charge is 0.394 e. The van der Waals surface area contributed by atoms with Gasteiger partial charge in [-0.2, -0.15) is 12.2 Å². The van der Waals surface area contributed by atoms with Crippen LogP contribution in [0.4, 0.5) is 0 Å². The quantitative estimate of drug-likeness (QED) is 0.282. The van der Waals surface area contributed by atoms with Crippen LogP contribution in [-0.2, 0) is 35.4 Å². The van der Waals surface area contributed by atoms with Crippen molar-refractivity contribution in [3.8, 4) is 0 Å². The van der Waals surface area contributed by atoms with E-state index in [0.29, 0.717) is 12.0 Å². The van der Waals surface area contributed by atoms with E-state index in [1.807, 2.05) is 55.4 Å². The zero-order chi connectivity index (χ0) is 23.7. The number of carbonyl (C=O) groups is 3. The van der Waals surface area contributed by atoms with E-state index in [-0.39, 0.29) is 46.7 Å². The number of rotatable bonds is 3. The average Bonchev–Trinajstić information content (AvgIpc) is 2.81. The first-order valence-electron chi connectivity index (χ1n) is 11.5. The minimum atomic E-state index is -0.621. The number of amides is 3. The van der Waals surface area contributed by atoms with Crippen LogP contribution in [0.15, 0.2) is 17.7 Å². The number of nitrogens with one attached hydrogen (secondary N) is 2. The second kappa shape index (κ2) is 36.2. The Morgan fingerprint density at radius 3 is 1.84 bits per heavy atom. The molecule has 0 aromatic carbocycles. The van der Waals surface area contributed by atoms with Crippen LogP contribution in [0.1, 0.15) is 115 Å². The van der Waals surface area contributed by atoms with Gasteiger partial charge in [0.05, 0.1) is 6.04 Å². The molecule has 2 aliphatic rings. The molecule has 0 saturated carbocycles. The average molecular weight is 612 g/mol. The standard InChI is InChI=1S/C12H13N2O3.C4H10.4C2H6.CH4.W/c15-10-7-6-9(12(17)14-10)13-11(16)8-4-2-1-3-5-8;1-3-4-2;4*1-2;;/h2,5,9H,1,3,6-7H2,(H,13,16)(H,14,15,17);3-4H2,1-2H3;4*1-2H3;1H4;/q-1;;;;;;;. The van der Waals surface area contributed by atoms with Crippen molar-refractivity contribution in [2.45, 2.75) is 121 Å². The molecule has 31 heavy (non-hydrogen) atoms. The van der Waals surface area contributed by atoms with Crippen LogP contribution < -0.4 is 10.6 Å². The van der Waals surface area contributed by atoms with Crippen LogP contribution in [0.3, 0.4) is 0 Å². The fourth-order valence-corrected chi connectivity index (χ4v) is 1.78. The Balaban J connectivity index is -0.0000000959. The van der Waals surface area contributed by atoms with Crippen LogP contribution in [0, 0.1) is 6.08 Å². The molecule has 3 amide bonds. The first-order valence-corrected chi connectivity index (χ1v) is 11.5. The maximum absolute atomic E-state index is 11.8. The first-order chi connectivity index (χ1) is 14.1. The smallest absolute Gasteiger partial charge is 0.248 e. The molecule has 1 unspecified atom stereocenters. The molecule has 1 aliphatic carbocycles. The number of hydrogen-bond acceptors (Lipinski definition) is 3. The van der Waals surface area contributed by atoms with Gasteiger partial charge in [-0.15, -0.1) is 11.6 Å². The van der Waals surface area contributed by atoms with Crippen molar-refractivity contribution in [1.82, 2.24) is 10.6 Å². The number of unbranched alkanes of at least 4 members (excludes halogenated alkanes) is 1. The van der Waals surface area contributed by atoms with Crippen LogP contribution in [0.25, 0.3) is 0 Å². The molecule has 1 heterocycles. The van der Waals surface area contributed by atoms with Crippen LogP contribution in [-0.4, -0.2) is 23.8 Å². The predicted octanol–water partition coefficient (Wildman–Crippen LogP) is 6.53. The van der Waals surface area contributed by atoms with E-state index in [2.05, 4.69) is 30.6 Å². The van der Waals surface area contributed by atoms with Crippen molar-refractivity contribution in [3.05, 3.63) is 23.8 Å². The summed E-state index contributed by atoms with van der Waals surface area (Å²) in [5, 5.41) is 4.80. The summed E-state index contributed by atoms with van der Waals surface area (Å²) in [5.74, 6) is -1.03. The van der Waals surface area contributed by atoms with E-state index in [1.165, 1.54) is 12.8 Å². The summed E-state index contributed by atoms with van der Waals surface area (Å²) in [6.45, 7) is 20.4. The third-order valence-electron chi connectivity index (χ3n) is 3.21. The van der Waals surface area contributed by atoms with Gasteiger partial charge in [-0.05, 0) is 6.42 Å². The summed E-state index contributed by atoms with van der Waals surface area (Å²) in [4.78, 5) is 34.1. The van der Waals surface area contributed by atoms with E-state index in [9.17, 15) is 14.4 Å². The number of carbonyl (C=O) groups excluding carboxylic acids is 3. The molecular formula is C25H51N2O3W-. The van der Waals surface area contributed by atoms with Gasteiger partial charge in [0.25, 0.3) is 0 Å². The van der Waals surface area contributed by atoms with Crippen molar-refractivity contribution < 1.29 is 35.4 Å². The van der Waals surface area contributed by atoms with Gasteiger partial charge in [-0.3, -0.25) is 14.9 Å². The normalized spacial score (nSPS) is 14.9. The van der Waals surface area contributed by atoms with Crippen molar-refractivity contribution in [2.75, 3.05) is 0 Å². The third kappa shape index (κ3) is 24.9. The van der Waals surface area contributed by atoms with Gasteiger partial charge in [0, 0.05) is 27.5 Å². The number of hydrogen-bond donors (Lipinski definition) is 2. The maximum Gasteiger partial charge on any atom is 0.248 e. The SMILES string of the molecule is C.CC.CC.CC.CC.CCCC.O=C1CCC(NC(=O)C2=CCCC=[C-]2)C(=O)N1.[W]. The molecule has 186 valence electrons. The molecule has 2 N–H and O–H groups in total. The molecule has 0 aromatic rings. The van der Waals surface area contributed by atoms with Gasteiger partial charge in [0.15, 0.2) is 0 Å². The molecule has 6 heteroatoms. The predicted molar refractivity (Wildman–Crippen MR) is 132 cm³/mol. The van der Waals surface area contributed by atoms with Crippen molar-refractivity contribution >= 4 is 17.7 Å². The molecule has 1 aliphatic heterocycles. The molecular weight excluding hydrogens is 560 g/mol. The topological polar surface area (TPSA) is 75.3 Å².